The monoisotopic (exact) mass is 337 g/mol. The van der Waals surface area contributed by atoms with Gasteiger partial charge >= 0.3 is 6.03 Å². The standard InChI is InChI=1S/C14H19N5O3S/c1-9(2)12-17-18-14(19(12)8-10-4-3-6-22-10)23-7-5-11(20)16-13(15)21/h3-4,6,9H,5,7-8H2,1-2H3,(H3,15,16,20,21). The first-order valence-electron chi connectivity index (χ1n) is 7.15. The minimum Gasteiger partial charge on any atom is -0.467 e. The van der Waals surface area contributed by atoms with Crippen LogP contribution in [0.15, 0.2) is 28.0 Å². The van der Waals surface area contributed by atoms with E-state index in [1.54, 1.807) is 6.26 Å². The van der Waals surface area contributed by atoms with Crippen molar-refractivity contribution in [2.45, 2.75) is 37.9 Å². The predicted octanol–water partition coefficient (Wildman–Crippen LogP) is 1.72. The van der Waals surface area contributed by atoms with Crippen LogP contribution in [0.3, 0.4) is 0 Å². The SMILES string of the molecule is CC(C)c1nnc(SCCC(=O)NC(N)=O)n1Cc1ccco1. The van der Waals surface area contributed by atoms with E-state index in [1.807, 2.05) is 35.9 Å². The summed E-state index contributed by atoms with van der Waals surface area (Å²) < 4.78 is 7.35. The number of primary amides is 1. The summed E-state index contributed by atoms with van der Waals surface area (Å²) in [5, 5.41) is 11.1. The van der Waals surface area contributed by atoms with E-state index in [-0.39, 0.29) is 12.3 Å². The highest BCUT2D eigenvalue weighted by Crippen LogP contribution is 2.23. The molecule has 0 fully saturated rings. The molecule has 0 spiro atoms. The highest BCUT2D eigenvalue weighted by atomic mass is 32.2. The van der Waals surface area contributed by atoms with E-state index in [9.17, 15) is 9.59 Å². The number of furan rings is 1. The van der Waals surface area contributed by atoms with Gasteiger partial charge in [-0.05, 0) is 12.1 Å². The number of carbonyl (C=O) groups is 2. The van der Waals surface area contributed by atoms with Gasteiger partial charge in [0.25, 0.3) is 0 Å². The Balaban J connectivity index is 2.03. The van der Waals surface area contributed by atoms with Gasteiger partial charge in [-0.1, -0.05) is 25.6 Å². The lowest BCUT2D eigenvalue weighted by Gasteiger charge is -2.10. The zero-order valence-corrected chi connectivity index (χ0v) is 13.8. The predicted molar refractivity (Wildman–Crippen MR) is 85.0 cm³/mol. The number of carbonyl (C=O) groups excluding carboxylic acids is 2. The van der Waals surface area contributed by atoms with Crippen molar-refractivity contribution in [2.24, 2.45) is 5.73 Å². The Morgan fingerprint density at radius 3 is 2.83 bits per heavy atom. The van der Waals surface area contributed by atoms with Gasteiger partial charge in [0.05, 0.1) is 12.8 Å². The van der Waals surface area contributed by atoms with Crippen molar-refractivity contribution < 1.29 is 14.0 Å². The van der Waals surface area contributed by atoms with Gasteiger partial charge in [-0.25, -0.2) is 4.79 Å². The Morgan fingerprint density at radius 1 is 1.43 bits per heavy atom. The number of urea groups is 1. The molecular weight excluding hydrogens is 318 g/mol. The Labute approximate surface area is 137 Å². The third kappa shape index (κ3) is 4.85. The number of nitrogens with zero attached hydrogens (tertiary/aromatic N) is 3. The lowest BCUT2D eigenvalue weighted by Crippen LogP contribution is -2.35. The smallest absolute Gasteiger partial charge is 0.318 e. The number of aromatic nitrogens is 3. The summed E-state index contributed by atoms with van der Waals surface area (Å²) in [6.07, 6.45) is 1.79. The molecule has 0 radical (unpaired) electrons. The Hall–Kier alpha value is -2.29. The first-order valence-corrected chi connectivity index (χ1v) is 8.13. The molecule has 0 saturated heterocycles. The fraction of sp³-hybridized carbons (Fsp3) is 0.429. The second kappa shape index (κ2) is 7.82. The summed E-state index contributed by atoms with van der Waals surface area (Å²) in [5.74, 6) is 1.93. The first-order chi connectivity index (χ1) is 11.0. The summed E-state index contributed by atoms with van der Waals surface area (Å²) >= 11 is 1.40. The summed E-state index contributed by atoms with van der Waals surface area (Å²) in [5.41, 5.74) is 4.90. The molecule has 2 rings (SSSR count). The molecule has 0 aliphatic rings. The Bertz CT molecular complexity index is 666. The molecule has 0 saturated carbocycles. The number of nitrogens with one attached hydrogen (secondary N) is 1. The van der Waals surface area contributed by atoms with Crippen LogP contribution in [0, 0.1) is 0 Å². The molecule has 0 atom stereocenters. The van der Waals surface area contributed by atoms with Crippen LogP contribution in [-0.4, -0.2) is 32.5 Å². The summed E-state index contributed by atoms with van der Waals surface area (Å²) in [6, 6.07) is 2.87. The molecule has 8 nitrogen and oxygen atoms in total. The van der Waals surface area contributed by atoms with Crippen molar-refractivity contribution in [2.75, 3.05) is 5.75 Å². The van der Waals surface area contributed by atoms with Crippen LogP contribution < -0.4 is 11.1 Å². The van der Waals surface area contributed by atoms with E-state index >= 15 is 0 Å². The number of rotatable bonds is 7. The van der Waals surface area contributed by atoms with Crippen LogP contribution in [0.25, 0.3) is 0 Å². The van der Waals surface area contributed by atoms with Crippen molar-refractivity contribution in [1.82, 2.24) is 20.1 Å². The van der Waals surface area contributed by atoms with E-state index in [2.05, 4.69) is 10.2 Å². The first kappa shape index (κ1) is 17.1. The molecule has 0 aromatic carbocycles. The molecule has 9 heteroatoms. The van der Waals surface area contributed by atoms with Gasteiger partial charge in [0.15, 0.2) is 5.16 Å². The van der Waals surface area contributed by atoms with Gasteiger partial charge in [0.1, 0.15) is 11.6 Å². The maximum Gasteiger partial charge on any atom is 0.318 e. The topological polar surface area (TPSA) is 116 Å². The molecular formula is C14H19N5O3S. The van der Waals surface area contributed by atoms with Crippen LogP contribution in [-0.2, 0) is 11.3 Å². The van der Waals surface area contributed by atoms with E-state index in [0.717, 1.165) is 11.6 Å². The maximum atomic E-state index is 11.4. The zero-order valence-electron chi connectivity index (χ0n) is 13.0. The molecule has 3 amide bonds. The average molecular weight is 337 g/mol. The highest BCUT2D eigenvalue weighted by Gasteiger charge is 2.17. The van der Waals surface area contributed by atoms with Gasteiger partial charge in [0.2, 0.25) is 5.91 Å². The normalized spacial score (nSPS) is 10.9. The van der Waals surface area contributed by atoms with Gasteiger partial charge in [-0.3, -0.25) is 14.7 Å². The Morgan fingerprint density at radius 2 is 2.22 bits per heavy atom. The molecule has 23 heavy (non-hydrogen) atoms. The van der Waals surface area contributed by atoms with Crippen molar-refractivity contribution in [3.8, 4) is 0 Å². The summed E-state index contributed by atoms with van der Waals surface area (Å²) in [7, 11) is 0. The maximum absolute atomic E-state index is 11.4. The van der Waals surface area contributed by atoms with Gasteiger partial charge in [-0.2, -0.15) is 0 Å². The molecule has 0 aliphatic carbocycles. The molecule has 0 bridgehead atoms. The van der Waals surface area contributed by atoms with Crippen LogP contribution in [0.5, 0.6) is 0 Å². The average Bonchev–Trinajstić information content (AvgIpc) is 3.09. The number of nitrogens with two attached hydrogens (primary N) is 1. The largest absolute Gasteiger partial charge is 0.467 e. The van der Waals surface area contributed by atoms with Gasteiger partial charge in [-0.15, -0.1) is 10.2 Å². The highest BCUT2D eigenvalue weighted by molar-refractivity contribution is 7.99. The van der Waals surface area contributed by atoms with E-state index < -0.39 is 11.9 Å². The number of thioether (sulfide) groups is 1. The minimum absolute atomic E-state index is 0.165. The fourth-order valence-electron chi connectivity index (χ4n) is 1.98. The lowest BCUT2D eigenvalue weighted by atomic mass is 10.2. The van der Waals surface area contributed by atoms with Crippen LogP contribution >= 0.6 is 11.8 Å². The van der Waals surface area contributed by atoms with E-state index in [0.29, 0.717) is 17.5 Å². The molecule has 0 aliphatic heterocycles. The van der Waals surface area contributed by atoms with Crippen LogP contribution in [0.2, 0.25) is 0 Å². The quantitative estimate of drug-likeness (QED) is 0.743. The number of imide groups is 1. The third-order valence-corrected chi connectivity index (χ3v) is 3.95. The molecule has 0 unspecified atom stereocenters. The fourth-order valence-corrected chi connectivity index (χ4v) is 2.86. The molecule has 3 N–H and O–H groups in total. The molecule has 2 aromatic rings. The molecule has 2 heterocycles. The number of hydrogen-bond acceptors (Lipinski definition) is 6. The van der Waals surface area contributed by atoms with Crippen molar-refractivity contribution in [1.29, 1.82) is 0 Å². The van der Waals surface area contributed by atoms with Crippen LogP contribution in [0.1, 0.15) is 37.8 Å². The lowest BCUT2D eigenvalue weighted by molar-refractivity contribution is -0.119. The van der Waals surface area contributed by atoms with Gasteiger partial charge < -0.3 is 10.2 Å². The van der Waals surface area contributed by atoms with Crippen LogP contribution in [0.4, 0.5) is 4.79 Å². The zero-order chi connectivity index (χ0) is 16.8. The third-order valence-electron chi connectivity index (χ3n) is 2.98. The molecule has 124 valence electrons. The van der Waals surface area contributed by atoms with Gasteiger partial charge in [0, 0.05) is 18.1 Å². The van der Waals surface area contributed by atoms with Crippen molar-refractivity contribution in [3.63, 3.8) is 0 Å². The van der Waals surface area contributed by atoms with Crippen molar-refractivity contribution in [3.05, 3.63) is 30.0 Å². The van der Waals surface area contributed by atoms with E-state index in [4.69, 9.17) is 10.2 Å². The van der Waals surface area contributed by atoms with E-state index in [1.165, 1.54) is 11.8 Å². The molecule has 2 aromatic heterocycles. The minimum atomic E-state index is -0.844. The second-order valence-electron chi connectivity index (χ2n) is 5.17. The summed E-state index contributed by atoms with van der Waals surface area (Å²) in [4.78, 5) is 22.0. The van der Waals surface area contributed by atoms with Crippen molar-refractivity contribution >= 4 is 23.7 Å². The Kier molecular flexibility index (Phi) is 5.80. The second-order valence-corrected chi connectivity index (χ2v) is 6.23. The number of amides is 3. The number of hydrogen-bond donors (Lipinski definition) is 2. The summed E-state index contributed by atoms with van der Waals surface area (Å²) in [6.45, 7) is 4.61.